The summed E-state index contributed by atoms with van der Waals surface area (Å²) in [5.41, 5.74) is 0. The lowest BCUT2D eigenvalue weighted by molar-refractivity contribution is 0.0280. The van der Waals surface area contributed by atoms with Crippen LogP contribution in [0.2, 0.25) is 0 Å². The minimum Gasteiger partial charge on any atom is -0.393 e. The van der Waals surface area contributed by atoms with Gasteiger partial charge in [0.2, 0.25) is 0 Å². The first-order chi connectivity index (χ1) is 8.24. The van der Waals surface area contributed by atoms with Crippen LogP contribution >= 0.6 is 0 Å². The molecule has 3 heteroatoms. The van der Waals surface area contributed by atoms with Gasteiger partial charge in [-0.05, 0) is 45.1 Å². The lowest BCUT2D eigenvalue weighted by atomic mass is 10.0. The zero-order valence-corrected chi connectivity index (χ0v) is 11.0. The molecule has 1 N–H and O–H groups in total. The van der Waals surface area contributed by atoms with Crippen molar-refractivity contribution in [2.45, 2.75) is 57.2 Å². The molecule has 1 saturated carbocycles. The summed E-state index contributed by atoms with van der Waals surface area (Å²) in [5, 5.41) is 9.96. The number of rotatable bonds is 2. The first kappa shape index (κ1) is 11.9. The van der Waals surface area contributed by atoms with Crippen LogP contribution in [-0.4, -0.2) is 59.3 Å². The Morgan fingerprint density at radius 2 is 2.00 bits per heavy atom. The Bertz CT molecular complexity index is 271. The van der Waals surface area contributed by atoms with Crippen LogP contribution in [-0.2, 0) is 0 Å². The van der Waals surface area contributed by atoms with Gasteiger partial charge in [-0.15, -0.1) is 0 Å². The highest BCUT2D eigenvalue weighted by Gasteiger charge is 2.36. The molecule has 1 aliphatic carbocycles. The second kappa shape index (κ2) is 4.87. The SMILES string of the molecule is CC1CN2CCCC2CN1CC1CCCC1O. The van der Waals surface area contributed by atoms with E-state index in [9.17, 15) is 5.11 Å². The van der Waals surface area contributed by atoms with Crippen molar-refractivity contribution in [2.24, 2.45) is 5.92 Å². The molecule has 0 aromatic heterocycles. The van der Waals surface area contributed by atoms with Gasteiger partial charge in [0.25, 0.3) is 0 Å². The Balaban J connectivity index is 1.59. The first-order valence-corrected chi connectivity index (χ1v) is 7.40. The van der Waals surface area contributed by atoms with Crippen molar-refractivity contribution in [2.75, 3.05) is 26.2 Å². The Labute approximate surface area is 105 Å². The van der Waals surface area contributed by atoms with Crippen molar-refractivity contribution in [1.29, 1.82) is 0 Å². The fraction of sp³-hybridized carbons (Fsp3) is 1.00. The minimum atomic E-state index is -0.0243. The van der Waals surface area contributed by atoms with Crippen LogP contribution < -0.4 is 0 Å². The molecule has 3 rings (SSSR count). The summed E-state index contributed by atoms with van der Waals surface area (Å²) in [5.74, 6) is 0.547. The van der Waals surface area contributed by atoms with Crippen molar-refractivity contribution in [3.8, 4) is 0 Å². The molecular formula is C14H26N2O. The predicted octanol–water partition coefficient (Wildman–Crippen LogP) is 1.32. The summed E-state index contributed by atoms with van der Waals surface area (Å²) in [4.78, 5) is 5.32. The molecule has 98 valence electrons. The van der Waals surface area contributed by atoms with Gasteiger partial charge in [0.05, 0.1) is 6.10 Å². The Morgan fingerprint density at radius 3 is 2.76 bits per heavy atom. The van der Waals surface area contributed by atoms with Crippen molar-refractivity contribution >= 4 is 0 Å². The van der Waals surface area contributed by atoms with Crippen LogP contribution in [0.25, 0.3) is 0 Å². The van der Waals surface area contributed by atoms with Crippen LogP contribution in [0.4, 0.5) is 0 Å². The van der Waals surface area contributed by atoms with E-state index in [-0.39, 0.29) is 6.10 Å². The van der Waals surface area contributed by atoms with Crippen molar-refractivity contribution in [3.05, 3.63) is 0 Å². The van der Waals surface area contributed by atoms with E-state index in [1.807, 2.05) is 0 Å². The maximum atomic E-state index is 9.96. The summed E-state index contributed by atoms with van der Waals surface area (Å²) in [6.07, 6.45) is 6.24. The number of fused-ring (bicyclic) bond motifs is 1. The van der Waals surface area contributed by atoms with Gasteiger partial charge in [0.15, 0.2) is 0 Å². The highest BCUT2D eigenvalue weighted by molar-refractivity contribution is 4.92. The molecule has 0 spiro atoms. The molecule has 4 unspecified atom stereocenters. The fourth-order valence-electron chi connectivity index (χ4n) is 4.03. The van der Waals surface area contributed by atoms with Crippen molar-refractivity contribution in [3.63, 3.8) is 0 Å². The molecule has 4 atom stereocenters. The molecule has 2 heterocycles. The third-order valence-electron chi connectivity index (χ3n) is 5.15. The molecule has 3 nitrogen and oxygen atoms in total. The topological polar surface area (TPSA) is 26.7 Å². The molecule has 0 amide bonds. The first-order valence-electron chi connectivity index (χ1n) is 7.40. The molecule has 0 radical (unpaired) electrons. The largest absolute Gasteiger partial charge is 0.393 e. The highest BCUT2D eigenvalue weighted by atomic mass is 16.3. The third kappa shape index (κ3) is 2.38. The normalized spacial score (nSPS) is 44.1. The second-order valence-corrected chi connectivity index (χ2v) is 6.35. The number of hydrogen-bond acceptors (Lipinski definition) is 3. The van der Waals surface area contributed by atoms with E-state index in [0.29, 0.717) is 12.0 Å². The molecule has 0 aromatic rings. The van der Waals surface area contributed by atoms with Gasteiger partial charge in [-0.2, -0.15) is 0 Å². The van der Waals surface area contributed by atoms with E-state index in [4.69, 9.17) is 0 Å². The Morgan fingerprint density at radius 1 is 1.12 bits per heavy atom. The standard InChI is InChI=1S/C14H26N2O/c1-11-8-15-7-3-5-13(15)10-16(11)9-12-4-2-6-14(12)17/h11-14,17H,2-10H2,1H3. The summed E-state index contributed by atoms with van der Waals surface area (Å²) in [6.45, 7) is 7.29. The quantitative estimate of drug-likeness (QED) is 0.786. The molecular weight excluding hydrogens is 212 g/mol. The minimum absolute atomic E-state index is 0.0243. The monoisotopic (exact) mass is 238 g/mol. The maximum Gasteiger partial charge on any atom is 0.0580 e. The van der Waals surface area contributed by atoms with E-state index in [1.165, 1.54) is 45.3 Å². The van der Waals surface area contributed by atoms with Crippen LogP contribution in [0, 0.1) is 5.92 Å². The molecule has 17 heavy (non-hydrogen) atoms. The summed E-state index contributed by atoms with van der Waals surface area (Å²) in [7, 11) is 0. The van der Waals surface area contributed by atoms with E-state index in [1.54, 1.807) is 0 Å². The molecule has 2 saturated heterocycles. The molecule has 2 aliphatic heterocycles. The summed E-state index contributed by atoms with van der Waals surface area (Å²) >= 11 is 0. The number of aliphatic hydroxyl groups is 1. The number of nitrogens with zero attached hydrogens (tertiary/aromatic N) is 2. The second-order valence-electron chi connectivity index (χ2n) is 6.35. The molecule has 3 fully saturated rings. The van der Waals surface area contributed by atoms with Gasteiger partial charge in [-0.1, -0.05) is 6.42 Å². The van der Waals surface area contributed by atoms with Gasteiger partial charge >= 0.3 is 0 Å². The zero-order chi connectivity index (χ0) is 11.8. The predicted molar refractivity (Wildman–Crippen MR) is 69.0 cm³/mol. The van der Waals surface area contributed by atoms with Gasteiger partial charge in [-0.3, -0.25) is 9.80 Å². The average Bonchev–Trinajstić information content (AvgIpc) is 2.89. The summed E-state index contributed by atoms with van der Waals surface area (Å²) in [6, 6.07) is 1.49. The molecule has 0 bridgehead atoms. The average molecular weight is 238 g/mol. The highest BCUT2D eigenvalue weighted by Crippen LogP contribution is 2.30. The smallest absolute Gasteiger partial charge is 0.0580 e. The molecule has 3 aliphatic rings. The fourth-order valence-corrected chi connectivity index (χ4v) is 4.03. The Kier molecular flexibility index (Phi) is 3.42. The third-order valence-corrected chi connectivity index (χ3v) is 5.15. The van der Waals surface area contributed by atoms with Gasteiger partial charge in [0.1, 0.15) is 0 Å². The number of hydrogen-bond donors (Lipinski definition) is 1. The van der Waals surface area contributed by atoms with Gasteiger partial charge in [0, 0.05) is 31.7 Å². The van der Waals surface area contributed by atoms with Gasteiger partial charge < -0.3 is 5.11 Å². The van der Waals surface area contributed by atoms with Crippen LogP contribution in [0.1, 0.15) is 39.0 Å². The lowest BCUT2D eigenvalue weighted by Crippen LogP contribution is -2.56. The van der Waals surface area contributed by atoms with Gasteiger partial charge in [-0.25, -0.2) is 0 Å². The van der Waals surface area contributed by atoms with Crippen molar-refractivity contribution < 1.29 is 5.11 Å². The van der Waals surface area contributed by atoms with E-state index >= 15 is 0 Å². The van der Waals surface area contributed by atoms with E-state index < -0.39 is 0 Å². The maximum absolute atomic E-state index is 9.96. The van der Waals surface area contributed by atoms with E-state index in [0.717, 1.165) is 19.0 Å². The number of aliphatic hydroxyl groups excluding tert-OH is 1. The molecule has 0 aromatic carbocycles. The lowest BCUT2D eigenvalue weighted by Gasteiger charge is -2.43. The van der Waals surface area contributed by atoms with Crippen LogP contribution in [0.5, 0.6) is 0 Å². The van der Waals surface area contributed by atoms with Crippen LogP contribution in [0.15, 0.2) is 0 Å². The Hall–Kier alpha value is -0.120. The van der Waals surface area contributed by atoms with Crippen molar-refractivity contribution in [1.82, 2.24) is 9.80 Å². The summed E-state index contributed by atoms with van der Waals surface area (Å²) < 4.78 is 0. The van der Waals surface area contributed by atoms with E-state index in [2.05, 4.69) is 16.7 Å². The zero-order valence-electron chi connectivity index (χ0n) is 11.0. The van der Waals surface area contributed by atoms with Crippen LogP contribution in [0.3, 0.4) is 0 Å². The number of piperazine rings is 1.